The fourth-order valence-electron chi connectivity index (χ4n) is 3.94. The quantitative estimate of drug-likeness (QED) is 0.125. The SMILES string of the molecule is COC(=O)c1cc(Cl)c(OC)c(S(=O)(=O)Nc2cc(-c3ccccc3OCCO[Si](C)(C)C(C)(C)C)ccc2C(F)(F)F)c1. The topological polar surface area (TPSA) is 100 Å². The van der Waals surface area contributed by atoms with E-state index in [1.54, 1.807) is 24.3 Å². The summed E-state index contributed by atoms with van der Waals surface area (Å²) < 4.78 is 93.1. The van der Waals surface area contributed by atoms with Crippen LogP contribution in [0.3, 0.4) is 0 Å². The lowest BCUT2D eigenvalue weighted by Crippen LogP contribution is -2.41. The molecule has 14 heteroatoms. The second-order valence-corrected chi connectivity index (χ2v) is 18.2. The smallest absolute Gasteiger partial charge is 0.418 e. The van der Waals surface area contributed by atoms with E-state index < -0.39 is 46.6 Å². The Morgan fingerprint density at radius 3 is 2.23 bits per heavy atom. The van der Waals surface area contributed by atoms with Gasteiger partial charge in [0.2, 0.25) is 0 Å². The number of esters is 1. The zero-order chi connectivity index (χ0) is 33.1. The number of nitrogens with one attached hydrogen (secondary N) is 1. The lowest BCUT2D eigenvalue weighted by molar-refractivity contribution is -0.136. The second-order valence-electron chi connectivity index (χ2n) is 11.3. The molecule has 0 heterocycles. The highest BCUT2D eigenvalue weighted by Gasteiger charge is 2.37. The Bertz CT molecular complexity index is 1620. The van der Waals surface area contributed by atoms with Crippen LogP contribution in [0.2, 0.25) is 23.2 Å². The fraction of sp³-hybridized carbons (Fsp3) is 0.367. The van der Waals surface area contributed by atoms with Gasteiger partial charge in [0.1, 0.15) is 17.3 Å². The van der Waals surface area contributed by atoms with Gasteiger partial charge in [0, 0.05) is 5.56 Å². The van der Waals surface area contributed by atoms with E-state index in [2.05, 4.69) is 38.6 Å². The van der Waals surface area contributed by atoms with Crippen LogP contribution in [0.15, 0.2) is 59.5 Å². The summed E-state index contributed by atoms with van der Waals surface area (Å²) in [6, 6.07) is 11.8. The van der Waals surface area contributed by atoms with Crippen molar-refractivity contribution < 1.29 is 45.0 Å². The molecule has 0 aliphatic rings. The molecule has 0 aromatic heterocycles. The lowest BCUT2D eigenvalue weighted by Gasteiger charge is -2.36. The predicted molar refractivity (Wildman–Crippen MR) is 166 cm³/mol. The first-order valence-electron chi connectivity index (χ1n) is 13.4. The number of carbonyl (C=O) groups excluding carboxylic acids is 1. The summed E-state index contributed by atoms with van der Waals surface area (Å²) in [6.07, 6.45) is -4.91. The van der Waals surface area contributed by atoms with E-state index in [-0.39, 0.29) is 33.5 Å². The van der Waals surface area contributed by atoms with Crippen LogP contribution in [0.25, 0.3) is 11.1 Å². The molecule has 0 unspecified atom stereocenters. The molecular formula is C30H35ClF3NO7SSi. The van der Waals surface area contributed by atoms with Gasteiger partial charge in [-0.1, -0.05) is 56.6 Å². The van der Waals surface area contributed by atoms with Gasteiger partial charge in [-0.2, -0.15) is 13.2 Å². The maximum Gasteiger partial charge on any atom is 0.418 e. The number of hydrogen-bond donors (Lipinski definition) is 1. The van der Waals surface area contributed by atoms with Gasteiger partial charge in [-0.3, -0.25) is 4.72 Å². The van der Waals surface area contributed by atoms with Crippen molar-refractivity contribution in [3.05, 3.63) is 70.7 Å². The van der Waals surface area contributed by atoms with Crippen molar-refractivity contribution in [1.82, 2.24) is 0 Å². The van der Waals surface area contributed by atoms with Crippen molar-refractivity contribution in [2.45, 2.75) is 50.0 Å². The number of anilines is 1. The monoisotopic (exact) mass is 673 g/mol. The summed E-state index contributed by atoms with van der Waals surface area (Å²) in [7, 11) is -4.60. The van der Waals surface area contributed by atoms with E-state index in [0.717, 1.165) is 38.5 Å². The maximum atomic E-state index is 14.1. The maximum absolute atomic E-state index is 14.1. The van der Waals surface area contributed by atoms with E-state index in [9.17, 15) is 26.4 Å². The summed E-state index contributed by atoms with van der Waals surface area (Å²) in [5.41, 5.74) is -1.55. The summed E-state index contributed by atoms with van der Waals surface area (Å²) >= 11 is 6.14. The number of hydrogen-bond acceptors (Lipinski definition) is 7. The Balaban J connectivity index is 2.02. The highest BCUT2D eigenvalue weighted by atomic mass is 35.5. The van der Waals surface area contributed by atoms with Crippen LogP contribution < -0.4 is 14.2 Å². The molecule has 240 valence electrons. The Morgan fingerprint density at radius 1 is 0.977 bits per heavy atom. The Kier molecular flexibility index (Phi) is 10.7. The van der Waals surface area contributed by atoms with Crippen molar-refractivity contribution >= 4 is 41.6 Å². The van der Waals surface area contributed by atoms with Crippen molar-refractivity contribution in [3.63, 3.8) is 0 Å². The molecule has 0 aliphatic heterocycles. The highest BCUT2D eigenvalue weighted by Crippen LogP contribution is 2.41. The van der Waals surface area contributed by atoms with Gasteiger partial charge in [-0.25, -0.2) is 13.2 Å². The first-order valence-corrected chi connectivity index (χ1v) is 18.2. The highest BCUT2D eigenvalue weighted by molar-refractivity contribution is 7.92. The molecule has 0 bridgehead atoms. The molecule has 0 saturated heterocycles. The third kappa shape index (κ3) is 8.06. The van der Waals surface area contributed by atoms with E-state index in [4.69, 9.17) is 25.5 Å². The van der Waals surface area contributed by atoms with Crippen molar-refractivity contribution in [2.24, 2.45) is 0 Å². The third-order valence-electron chi connectivity index (χ3n) is 7.30. The van der Waals surface area contributed by atoms with Gasteiger partial charge in [0.25, 0.3) is 10.0 Å². The average Bonchev–Trinajstić information content (AvgIpc) is 2.93. The number of carbonyl (C=O) groups is 1. The first-order chi connectivity index (χ1) is 20.3. The van der Waals surface area contributed by atoms with Crippen LogP contribution in [0.1, 0.15) is 36.7 Å². The summed E-state index contributed by atoms with van der Waals surface area (Å²) in [4.78, 5) is 11.4. The van der Waals surface area contributed by atoms with Crippen LogP contribution >= 0.6 is 11.6 Å². The Hall–Kier alpha value is -3.26. The summed E-state index contributed by atoms with van der Waals surface area (Å²) in [5, 5.41) is -0.255. The lowest BCUT2D eigenvalue weighted by atomic mass is 10.0. The molecule has 0 saturated carbocycles. The molecule has 0 spiro atoms. The number of benzene rings is 3. The number of sulfonamides is 1. The number of rotatable bonds is 11. The number of para-hydroxylation sites is 1. The molecule has 0 amide bonds. The second kappa shape index (κ2) is 13.4. The molecule has 0 aliphatic carbocycles. The van der Waals surface area contributed by atoms with Gasteiger partial charge in [0.05, 0.1) is 42.7 Å². The van der Waals surface area contributed by atoms with Crippen LogP contribution in [-0.2, 0) is 25.4 Å². The van der Waals surface area contributed by atoms with Gasteiger partial charge in [-0.15, -0.1) is 0 Å². The number of halogens is 4. The van der Waals surface area contributed by atoms with Crippen LogP contribution in [0.4, 0.5) is 18.9 Å². The molecule has 0 atom stereocenters. The zero-order valence-electron chi connectivity index (χ0n) is 25.4. The standard InChI is InChI=1S/C30H35ClF3NO7SSi/c1-29(2,3)44(6,7)42-15-14-41-25-11-9-8-10-21(25)19-12-13-22(30(32,33)34)24(17-19)35-43(37,38)26-18-20(28(36)40-5)16-23(31)27(26)39-4/h8-13,16-18,35H,14-15H2,1-7H3. The Labute approximate surface area is 261 Å². The minimum Gasteiger partial charge on any atom is -0.494 e. The fourth-order valence-corrected chi connectivity index (χ4v) is 6.61. The molecule has 3 rings (SSSR count). The van der Waals surface area contributed by atoms with Crippen molar-refractivity contribution in [3.8, 4) is 22.6 Å². The van der Waals surface area contributed by atoms with Gasteiger partial charge < -0.3 is 18.6 Å². The van der Waals surface area contributed by atoms with Crippen LogP contribution in [0.5, 0.6) is 11.5 Å². The van der Waals surface area contributed by atoms with Crippen molar-refractivity contribution in [1.29, 1.82) is 0 Å². The summed E-state index contributed by atoms with van der Waals surface area (Å²) in [5.74, 6) is -0.898. The minimum absolute atomic E-state index is 0.00481. The van der Waals surface area contributed by atoms with Crippen molar-refractivity contribution in [2.75, 3.05) is 32.2 Å². The normalized spacial score (nSPS) is 12.5. The van der Waals surface area contributed by atoms with Crippen LogP contribution in [-0.4, -0.2) is 50.1 Å². The number of methoxy groups -OCH3 is 2. The molecule has 0 fully saturated rings. The zero-order valence-corrected chi connectivity index (χ0v) is 28.0. The molecular weight excluding hydrogens is 639 g/mol. The van der Waals surface area contributed by atoms with Gasteiger partial charge >= 0.3 is 12.1 Å². The molecule has 3 aromatic rings. The molecule has 3 aromatic carbocycles. The molecule has 1 N–H and O–H groups in total. The Morgan fingerprint density at radius 2 is 1.64 bits per heavy atom. The molecule has 44 heavy (non-hydrogen) atoms. The van der Waals surface area contributed by atoms with E-state index in [0.29, 0.717) is 17.9 Å². The van der Waals surface area contributed by atoms with Gasteiger partial charge in [0.15, 0.2) is 14.1 Å². The van der Waals surface area contributed by atoms with Gasteiger partial charge in [-0.05, 0) is 54.0 Å². The number of alkyl halides is 3. The van der Waals surface area contributed by atoms with Crippen LogP contribution in [0, 0.1) is 0 Å². The first kappa shape index (κ1) is 35.2. The predicted octanol–water partition coefficient (Wildman–Crippen LogP) is 8.02. The largest absolute Gasteiger partial charge is 0.494 e. The average molecular weight is 674 g/mol. The minimum atomic E-state index is -4.91. The van der Waals surface area contributed by atoms with E-state index in [1.807, 2.05) is 4.72 Å². The van der Waals surface area contributed by atoms with E-state index >= 15 is 0 Å². The molecule has 0 radical (unpaired) electrons. The number of ether oxygens (including phenoxy) is 3. The summed E-state index contributed by atoms with van der Waals surface area (Å²) in [6.45, 7) is 11.1. The molecule has 8 nitrogen and oxygen atoms in total. The van der Waals surface area contributed by atoms with E-state index in [1.165, 1.54) is 6.07 Å². The third-order valence-corrected chi connectivity index (χ3v) is 13.5.